The maximum Gasteiger partial charge on any atom is 0.250 e. The zero-order valence-corrected chi connectivity index (χ0v) is 16.8. The summed E-state index contributed by atoms with van der Waals surface area (Å²) in [5, 5.41) is 0.764. The third kappa shape index (κ3) is 5.39. The molecule has 1 aromatic heterocycles. The number of thiophene rings is 1. The summed E-state index contributed by atoms with van der Waals surface area (Å²) in [5.41, 5.74) is 11.6. The molecule has 0 fully saturated rings. The van der Waals surface area contributed by atoms with Crippen molar-refractivity contribution in [3.8, 4) is 11.5 Å². The Morgan fingerprint density at radius 3 is 2.26 bits per heavy atom. The van der Waals surface area contributed by atoms with Crippen LogP contribution in [0.25, 0.3) is 10.1 Å². The van der Waals surface area contributed by atoms with E-state index < -0.39 is 10.0 Å². The van der Waals surface area contributed by atoms with Crippen molar-refractivity contribution in [3.05, 3.63) is 17.7 Å². The molecular formula is C17H25N3O5S2. The molecule has 0 atom stereocenters. The van der Waals surface area contributed by atoms with E-state index in [0.29, 0.717) is 62.5 Å². The number of aryl methyl sites for hydroxylation is 1. The highest BCUT2D eigenvalue weighted by Crippen LogP contribution is 2.41. The first kappa shape index (κ1) is 21.6. The molecule has 2 rings (SSSR count). The van der Waals surface area contributed by atoms with Crippen LogP contribution < -0.4 is 25.7 Å². The Labute approximate surface area is 162 Å². The van der Waals surface area contributed by atoms with Gasteiger partial charge in [0.15, 0.2) is 11.5 Å². The van der Waals surface area contributed by atoms with Crippen LogP contribution in [0.3, 0.4) is 0 Å². The molecule has 0 aliphatic heterocycles. The first-order chi connectivity index (χ1) is 12.9. The fraction of sp³-hybridized carbons (Fsp3) is 0.471. The van der Waals surface area contributed by atoms with Crippen molar-refractivity contribution in [1.29, 1.82) is 0 Å². The van der Waals surface area contributed by atoms with Crippen LogP contribution in [0.15, 0.2) is 16.3 Å². The van der Waals surface area contributed by atoms with Gasteiger partial charge in [-0.15, -0.1) is 11.3 Å². The molecule has 2 aromatic rings. The van der Waals surface area contributed by atoms with Crippen molar-refractivity contribution in [2.24, 2.45) is 11.5 Å². The minimum absolute atomic E-state index is 0.173. The van der Waals surface area contributed by atoms with Crippen molar-refractivity contribution < 1.29 is 22.7 Å². The monoisotopic (exact) mass is 415 g/mol. The third-order valence-corrected chi connectivity index (χ3v) is 7.07. The Hall–Kier alpha value is -1.72. The Morgan fingerprint density at radius 2 is 1.70 bits per heavy atom. The summed E-state index contributed by atoms with van der Waals surface area (Å²) in [4.78, 5) is 10.5. The van der Waals surface area contributed by atoms with Crippen molar-refractivity contribution >= 4 is 37.7 Å². The van der Waals surface area contributed by atoms with Gasteiger partial charge >= 0.3 is 0 Å². The van der Waals surface area contributed by atoms with Gasteiger partial charge in [-0.05, 0) is 44.5 Å². The first-order valence-corrected chi connectivity index (χ1v) is 10.9. The van der Waals surface area contributed by atoms with Gasteiger partial charge in [0.1, 0.15) is 10.5 Å². The van der Waals surface area contributed by atoms with Crippen LogP contribution in [0.1, 0.15) is 18.4 Å². The largest absolute Gasteiger partial charge is 0.490 e. The first-order valence-electron chi connectivity index (χ1n) is 8.60. The van der Waals surface area contributed by atoms with E-state index in [0.717, 1.165) is 21.4 Å². The Balaban J connectivity index is 2.44. The number of hydrogen-bond acceptors (Lipinski definition) is 8. The molecule has 0 aliphatic rings. The van der Waals surface area contributed by atoms with Gasteiger partial charge in [0, 0.05) is 16.2 Å². The minimum atomic E-state index is -3.76. The number of aldehydes is 1. The number of hydrogen-bond donors (Lipinski definition) is 3. The van der Waals surface area contributed by atoms with Crippen LogP contribution in [-0.4, -0.2) is 47.6 Å². The number of benzene rings is 1. The topological polar surface area (TPSA) is 134 Å². The number of carbonyl (C=O) groups excluding carboxylic acids is 1. The molecule has 0 saturated carbocycles. The number of nitrogens with two attached hydrogens (primary N) is 2. The molecule has 0 unspecified atom stereocenters. The zero-order valence-electron chi connectivity index (χ0n) is 15.2. The lowest BCUT2D eigenvalue weighted by molar-refractivity contribution is -0.106. The lowest BCUT2D eigenvalue weighted by Gasteiger charge is -2.13. The van der Waals surface area contributed by atoms with E-state index in [2.05, 4.69) is 4.72 Å². The number of sulfonamides is 1. The summed E-state index contributed by atoms with van der Waals surface area (Å²) < 4.78 is 39.6. The molecular weight excluding hydrogens is 390 g/mol. The van der Waals surface area contributed by atoms with Crippen LogP contribution in [0, 0.1) is 6.92 Å². The highest BCUT2D eigenvalue weighted by atomic mass is 32.2. The summed E-state index contributed by atoms with van der Waals surface area (Å²) >= 11 is 1.13. The van der Waals surface area contributed by atoms with Gasteiger partial charge in [-0.1, -0.05) is 0 Å². The lowest BCUT2D eigenvalue weighted by Crippen LogP contribution is -2.25. The fourth-order valence-corrected chi connectivity index (χ4v) is 5.19. The SMILES string of the molecule is Cc1c(S(=O)(=O)NCC=O)sc2cc(OCCCN)c(OCCCN)cc12. The van der Waals surface area contributed by atoms with Gasteiger partial charge in [0.25, 0.3) is 10.0 Å². The maximum atomic E-state index is 12.4. The number of carbonyl (C=O) groups is 1. The number of rotatable bonds is 12. The molecule has 1 heterocycles. The van der Waals surface area contributed by atoms with Gasteiger partial charge in [-0.3, -0.25) is 0 Å². The normalized spacial score (nSPS) is 11.7. The van der Waals surface area contributed by atoms with Crippen LogP contribution >= 0.6 is 11.3 Å². The quantitative estimate of drug-likeness (QED) is 0.350. The molecule has 150 valence electrons. The van der Waals surface area contributed by atoms with Crippen molar-refractivity contribution in [2.45, 2.75) is 24.0 Å². The molecule has 27 heavy (non-hydrogen) atoms. The highest BCUT2D eigenvalue weighted by Gasteiger charge is 2.23. The Kier molecular flexibility index (Phi) is 7.99. The van der Waals surface area contributed by atoms with Gasteiger partial charge in [-0.2, -0.15) is 0 Å². The molecule has 0 aliphatic carbocycles. The van der Waals surface area contributed by atoms with E-state index in [-0.39, 0.29) is 10.8 Å². The molecule has 8 nitrogen and oxygen atoms in total. The molecule has 5 N–H and O–H groups in total. The number of fused-ring (bicyclic) bond motifs is 1. The second-order valence-corrected chi connectivity index (χ2v) is 8.82. The summed E-state index contributed by atoms with van der Waals surface area (Å²) in [7, 11) is -3.76. The average Bonchev–Trinajstić information content (AvgIpc) is 2.97. The van der Waals surface area contributed by atoms with Crippen LogP contribution in [-0.2, 0) is 14.8 Å². The van der Waals surface area contributed by atoms with Gasteiger partial charge in [0.05, 0.1) is 19.8 Å². The van der Waals surface area contributed by atoms with Crippen LogP contribution in [0.2, 0.25) is 0 Å². The van der Waals surface area contributed by atoms with E-state index in [1.807, 2.05) is 0 Å². The standard InChI is InChI=1S/C17H25N3O5S2/c1-12-13-10-14(24-8-2-4-18)15(25-9-3-5-19)11-16(13)26-17(12)27(22,23)20-6-7-21/h7,10-11,20H,2-6,8-9,18-19H2,1H3. The summed E-state index contributed by atoms with van der Waals surface area (Å²) in [6, 6.07) is 3.56. The molecule has 0 radical (unpaired) electrons. The second kappa shape index (κ2) is 10.00. The van der Waals surface area contributed by atoms with E-state index in [1.54, 1.807) is 19.1 Å². The van der Waals surface area contributed by atoms with Gasteiger partial charge in [-0.25, -0.2) is 13.1 Å². The minimum Gasteiger partial charge on any atom is -0.490 e. The summed E-state index contributed by atoms with van der Waals surface area (Å²) in [6.45, 7) is 3.35. The van der Waals surface area contributed by atoms with E-state index in [1.165, 1.54) is 0 Å². The number of ether oxygens (including phenoxy) is 2. The summed E-state index contributed by atoms with van der Waals surface area (Å²) in [6.07, 6.45) is 1.89. The predicted molar refractivity (Wildman–Crippen MR) is 106 cm³/mol. The molecule has 1 aromatic carbocycles. The fourth-order valence-electron chi connectivity index (χ4n) is 2.43. The molecule has 10 heteroatoms. The van der Waals surface area contributed by atoms with E-state index in [9.17, 15) is 13.2 Å². The predicted octanol–water partition coefficient (Wildman–Crippen LogP) is 1.14. The molecule has 0 spiro atoms. The van der Waals surface area contributed by atoms with E-state index >= 15 is 0 Å². The Bertz CT molecular complexity index is 880. The average molecular weight is 416 g/mol. The molecule has 0 amide bonds. The van der Waals surface area contributed by atoms with Crippen LogP contribution in [0.4, 0.5) is 0 Å². The third-order valence-electron chi connectivity index (χ3n) is 3.77. The number of nitrogens with one attached hydrogen (secondary N) is 1. The molecule has 0 saturated heterocycles. The maximum absolute atomic E-state index is 12.4. The second-order valence-electron chi connectivity index (χ2n) is 5.81. The zero-order chi connectivity index (χ0) is 19.9. The lowest BCUT2D eigenvalue weighted by atomic mass is 10.2. The van der Waals surface area contributed by atoms with Gasteiger partial charge < -0.3 is 25.7 Å². The van der Waals surface area contributed by atoms with E-state index in [4.69, 9.17) is 20.9 Å². The van der Waals surface area contributed by atoms with Crippen molar-refractivity contribution in [1.82, 2.24) is 4.72 Å². The van der Waals surface area contributed by atoms with Gasteiger partial charge in [0.2, 0.25) is 0 Å². The van der Waals surface area contributed by atoms with Crippen LogP contribution in [0.5, 0.6) is 11.5 Å². The smallest absolute Gasteiger partial charge is 0.250 e. The molecule has 0 bridgehead atoms. The van der Waals surface area contributed by atoms with Crippen molar-refractivity contribution in [2.75, 3.05) is 32.8 Å². The van der Waals surface area contributed by atoms with Crippen molar-refractivity contribution in [3.63, 3.8) is 0 Å². The highest BCUT2D eigenvalue weighted by molar-refractivity contribution is 7.91. The summed E-state index contributed by atoms with van der Waals surface area (Å²) in [5.74, 6) is 1.08. The Morgan fingerprint density at radius 1 is 1.11 bits per heavy atom.